The van der Waals surface area contributed by atoms with Crippen molar-refractivity contribution in [1.82, 2.24) is 4.57 Å². The van der Waals surface area contributed by atoms with Gasteiger partial charge in [-0.2, -0.15) is 6.42 Å². The minimum Gasteiger partial charge on any atom is -1.00 e. The van der Waals surface area contributed by atoms with Gasteiger partial charge in [-0.15, -0.1) is 12.0 Å². The van der Waals surface area contributed by atoms with Crippen LogP contribution in [0.5, 0.6) is 0 Å². The minimum absolute atomic E-state index is 0. The first-order chi connectivity index (χ1) is 9.79. The van der Waals surface area contributed by atoms with Crippen LogP contribution in [0, 0.1) is 6.42 Å². The number of halogens is 2. The van der Waals surface area contributed by atoms with Crippen LogP contribution in [-0.2, 0) is 41.6 Å². The van der Waals surface area contributed by atoms with Crippen LogP contribution in [0.1, 0.15) is 32.0 Å². The van der Waals surface area contributed by atoms with Crippen LogP contribution in [0.3, 0.4) is 0 Å². The summed E-state index contributed by atoms with van der Waals surface area (Å²) in [6.45, 7) is 10.8. The van der Waals surface area contributed by atoms with Gasteiger partial charge in [-0.25, -0.2) is 0 Å². The summed E-state index contributed by atoms with van der Waals surface area (Å²) in [6, 6.07) is 8.67. The molecule has 0 N–H and O–H groups in total. The number of hydrogen-bond acceptors (Lipinski definition) is 0. The zero-order valence-corrected chi connectivity index (χ0v) is 19.5. The normalized spacial score (nSPS) is 12.5. The molecule has 6 heteroatoms. The quantitative estimate of drug-likeness (QED) is 0.414. The molecule has 1 aliphatic rings. The van der Waals surface area contributed by atoms with Crippen molar-refractivity contribution in [3.63, 3.8) is 0 Å². The van der Waals surface area contributed by atoms with Gasteiger partial charge >= 0.3 is 21.7 Å². The Bertz CT molecular complexity index is 621. The van der Waals surface area contributed by atoms with Gasteiger partial charge in [-0.05, 0) is 11.8 Å². The summed E-state index contributed by atoms with van der Waals surface area (Å²) in [4.78, 5) is 4.51. The molecule has 1 aromatic heterocycles. The molecule has 2 nitrogen and oxygen atoms in total. The first kappa shape index (κ1) is 26.5. The number of rotatable bonds is 1. The minimum atomic E-state index is -0.367. The molecule has 3 rings (SSSR count). The molecular formula is C18H27Cl2N2SiTi. The van der Waals surface area contributed by atoms with Crippen molar-refractivity contribution >= 4 is 19.9 Å². The van der Waals surface area contributed by atoms with Gasteiger partial charge in [0, 0.05) is 18.0 Å². The molecule has 0 fully saturated rings. The average molecular weight is 418 g/mol. The third-order valence-electron chi connectivity index (χ3n) is 3.59. The maximum atomic E-state index is 4.51. The Kier molecular flexibility index (Phi) is 12.2. The summed E-state index contributed by atoms with van der Waals surface area (Å²) in [5.41, 5.74) is 4.61. The molecule has 0 atom stereocenters. The van der Waals surface area contributed by atoms with Crippen molar-refractivity contribution in [2.24, 2.45) is 7.05 Å². The van der Waals surface area contributed by atoms with E-state index in [-0.39, 0.29) is 61.0 Å². The van der Waals surface area contributed by atoms with Crippen molar-refractivity contribution in [3.05, 3.63) is 46.9 Å². The van der Waals surface area contributed by atoms with Crippen LogP contribution in [0.4, 0.5) is 0 Å². The molecule has 0 saturated carbocycles. The second kappa shape index (κ2) is 11.1. The van der Waals surface area contributed by atoms with E-state index in [2.05, 4.69) is 81.1 Å². The number of aromatic nitrogens is 1. The number of hydrogen-bond donors (Lipinski definition) is 0. The van der Waals surface area contributed by atoms with Crippen LogP contribution in [0.15, 0.2) is 24.3 Å². The predicted molar refractivity (Wildman–Crippen MR) is 95.2 cm³/mol. The number of aryl methyl sites for hydroxylation is 1. The molecular weight excluding hydrogens is 391 g/mol. The molecule has 0 bridgehead atoms. The van der Waals surface area contributed by atoms with Crippen LogP contribution < -0.4 is 24.8 Å². The van der Waals surface area contributed by atoms with E-state index in [1.807, 2.05) is 0 Å². The van der Waals surface area contributed by atoms with Gasteiger partial charge in [-0.3, -0.25) is 0 Å². The van der Waals surface area contributed by atoms with E-state index in [1.54, 1.807) is 0 Å². The molecule has 24 heavy (non-hydrogen) atoms. The Balaban J connectivity index is 0. The second-order valence-corrected chi connectivity index (χ2v) is 9.05. The Morgan fingerprint density at radius 2 is 1.67 bits per heavy atom. The maximum absolute atomic E-state index is 4.51. The third kappa shape index (κ3) is 6.86. The van der Waals surface area contributed by atoms with E-state index < -0.39 is 0 Å². The van der Waals surface area contributed by atoms with E-state index in [4.69, 9.17) is 0 Å². The molecule has 1 aliphatic carbocycles. The first-order valence-corrected chi connectivity index (χ1v) is 10.1. The average Bonchev–Trinajstić information content (AvgIpc) is 2.92. The SMILES string of the molecule is C[Si](C)[N-]C(C)(C)C.Cn1c2c(c3ccccc31)C[CH-]C2.[Cl-].[Cl-].[Ti+4]. The predicted octanol–water partition coefficient (Wildman–Crippen LogP) is -1.10. The van der Waals surface area contributed by atoms with Gasteiger partial charge < -0.3 is 40.8 Å². The number of benzene rings is 1. The fourth-order valence-electron chi connectivity index (χ4n) is 3.04. The van der Waals surface area contributed by atoms with Crippen molar-refractivity contribution in [2.75, 3.05) is 0 Å². The van der Waals surface area contributed by atoms with Crippen molar-refractivity contribution < 1.29 is 46.5 Å². The standard InChI is InChI=1S/C12H12N.C6H15NSi.2ClH.Ti/c1-13-11-7-3-2-5-9(11)10-6-4-8-12(10)13;1-6(2,3)7-8(4)5;;;/h2-5,7H,6,8H2,1H3;1-5H3;2*1H;/q2*-1;;;+4/p-2. The van der Waals surface area contributed by atoms with Gasteiger partial charge in [0.1, 0.15) is 0 Å². The summed E-state index contributed by atoms with van der Waals surface area (Å²) in [5.74, 6) is 0. The zero-order chi connectivity index (χ0) is 15.6. The van der Waals surface area contributed by atoms with E-state index in [0.717, 1.165) is 12.8 Å². The van der Waals surface area contributed by atoms with Crippen molar-refractivity contribution in [3.8, 4) is 0 Å². The summed E-state index contributed by atoms with van der Waals surface area (Å²) in [6.07, 6.45) is 4.65. The molecule has 1 aromatic carbocycles. The van der Waals surface area contributed by atoms with E-state index >= 15 is 0 Å². The van der Waals surface area contributed by atoms with Gasteiger partial charge in [0.2, 0.25) is 0 Å². The van der Waals surface area contributed by atoms with Crippen LogP contribution in [0.2, 0.25) is 13.1 Å². The number of fused-ring (bicyclic) bond motifs is 3. The van der Waals surface area contributed by atoms with Crippen LogP contribution in [-0.4, -0.2) is 19.1 Å². The smallest absolute Gasteiger partial charge is 1.00 e. The summed E-state index contributed by atoms with van der Waals surface area (Å²) in [5, 5.41) is 1.44. The maximum Gasteiger partial charge on any atom is 4.00 e. The van der Waals surface area contributed by atoms with E-state index in [9.17, 15) is 0 Å². The molecule has 0 unspecified atom stereocenters. The molecule has 131 valence electrons. The molecule has 0 saturated heterocycles. The third-order valence-corrected chi connectivity index (χ3v) is 4.71. The first-order valence-electron chi connectivity index (χ1n) is 7.69. The molecule has 1 radical (unpaired) electrons. The fraction of sp³-hybridized carbons (Fsp3) is 0.500. The summed E-state index contributed by atoms with van der Waals surface area (Å²) >= 11 is 0. The van der Waals surface area contributed by atoms with Gasteiger partial charge in [0.05, 0.1) is 0 Å². The fourth-order valence-corrected chi connectivity index (χ4v) is 4.38. The van der Waals surface area contributed by atoms with Crippen LogP contribution in [0.25, 0.3) is 15.9 Å². The largest absolute Gasteiger partial charge is 4.00 e. The summed E-state index contributed by atoms with van der Waals surface area (Å²) in [7, 11) is 1.80. The Hall–Kier alpha value is 0.231. The van der Waals surface area contributed by atoms with Gasteiger partial charge in [0.25, 0.3) is 0 Å². The number of nitrogens with zero attached hydrogens (tertiary/aromatic N) is 2. The topological polar surface area (TPSA) is 19.0 Å². The van der Waals surface area contributed by atoms with E-state index in [0.29, 0.717) is 0 Å². The second-order valence-electron chi connectivity index (χ2n) is 6.93. The van der Waals surface area contributed by atoms with Gasteiger partial charge in [0.15, 0.2) is 0 Å². The summed E-state index contributed by atoms with van der Waals surface area (Å²) < 4.78 is 2.33. The Labute approximate surface area is 176 Å². The molecule has 0 aliphatic heterocycles. The van der Waals surface area contributed by atoms with Crippen LogP contribution >= 0.6 is 0 Å². The molecule has 0 amide bonds. The number of para-hydroxylation sites is 1. The monoisotopic (exact) mass is 417 g/mol. The Morgan fingerprint density at radius 3 is 2.17 bits per heavy atom. The molecule has 2 aromatic rings. The van der Waals surface area contributed by atoms with Crippen molar-refractivity contribution in [1.29, 1.82) is 0 Å². The van der Waals surface area contributed by atoms with Crippen molar-refractivity contribution in [2.45, 2.75) is 52.2 Å². The van der Waals surface area contributed by atoms with E-state index in [1.165, 1.54) is 22.2 Å². The molecule has 1 heterocycles. The van der Waals surface area contributed by atoms with Gasteiger partial charge in [-0.1, -0.05) is 66.6 Å². The molecule has 0 spiro atoms. The Morgan fingerprint density at radius 1 is 1.08 bits per heavy atom. The zero-order valence-electron chi connectivity index (χ0n) is 15.5.